The molecule has 3 N–H and O–H groups in total. The van der Waals surface area contributed by atoms with Crippen molar-refractivity contribution in [3.8, 4) is 12.0 Å². The van der Waals surface area contributed by atoms with Crippen LogP contribution < -0.4 is 0 Å². The number of carbonyl (C=O) groups excluding carboxylic acids is 1. The van der Waals surface area contributed by atoms with Crippen LogP contribution in [0.2, 0.25) is 0 Å². The van der Waals surface area contributed by atoms with Gasteiger partial charge in [-0.15, -0.1) is 0 Å². The van der Waals surface area contributed by atoms with E-state index in [1.54, 1.807) is 37.3 Å². The highest BCUT2D eigenvalue weighted by molar-refractivity contribution is 7.49. The van der Waals surface area contributed by atoms with Crippen molar-refractivity contribution in [2.24, 2.45) is 5.92 Å². The summed E-state index contributed by atoms with van der Waals surface area (Å²) in [5, 5.41) is 11.3. The lowest BCUT2D eigenvalue weighted by atomic mass is 9.73. The summed E-state index contributed by atoms with van der Waals surface area (Å²) in [6.45, 7) is 1.44. The van der Waals surface area contributed by atoms with Crippen molar-refractivity contribution < 1.29 is 29.0 Å². The molecule has 0 aromatic heterocycles. The van der Waals surface area contributed by atoms with Crippen molar-refractivity contribution in [1.29, 1.82) is 0 Å². The van der Waals surface area contributed by atoms with Gasteiger partial charge in [-0.05, 0) is 24.3 Å². The fourth-order valence-corrected chi connectivity index (χ4v) is 4.03. The maximum Gasteiger partial charge on any atom is 0.403 e. The van der Waals surface area contributed by atoms with Gasteiger partial charge in [0.05, 0.1) is 6.54 Å². The zero-order valence-corrected chi connectivity index (χ0v) is 16.3. The number of hydrogen-bond donors (Lipinski definition) is 3. The molecule has 1 atom stereocenters. The van der Waals surface area contributed by atoms with E-state index >= 15 is 0 Å². The van der Waals surface area contributed by atoms with E-state index in [0.717, 1.165) is 36.8 Å². The van der Waals surface area contributed by atoms with Crippen molar-refractivity contribution in [2.75, 3.05) is 13.1 Å². The minimum atomic E-state index is -4.40. The van der Waals surface area contributed by atoms with Crippen molar-refractivity contribution in [3.63, 3.8) is 0 Å². The Labute approximate surface area is 159 Å². The molecule has 8 heteroatoms. The zero-order valence-electron chi connectivity index (χ0n) is 15.4. The molecule has 0 heterocycles. The fraction of sp³-hybridized carbons (Fsp3) is 0.526. The van der Waals surface area contributed by atoms with Crippen molar-refractivity contribution in [1.82, 2.24) is 4.67 Å². The Morgan fingerprint density at radius 2 is 1.89 bits per heavy atom. The molecular weight excluding hydrogens is 369 g/mol. The number of benzene rings is 1. The van der Waals surface area contributed by atoms with E-state index in [0.29, 0.717) is 5.56 Å². The molecule has 1 unspecified atom stereocenters. The molecule has 7 nitrogen and oxygen atoms in total. The maximum atomic E-state index is 12.7. The molecule has 1 aliphatic carbocycles. The predicted octanol–water partition coefficient (Wildman–Crippen LogP) is 2.37. The monoisotopic (exact) mass is 395 g/mol. The molecule has 1 aromatic carbocycles. The first-order valence-electron chi connectivity index (χ1n) is 9.08. The van der Waals surface area contributed by atoms with Crippen molar-refractivity contribution >= 4 is 13.7 Å². The highest BCUT2D eigenvalue weighted by Crippen LogP contribution is 2.40. The molecule has 148 valence electrons. The second-order valence-electron chi connectivity index (χ2n) is 6.63. The Balaban J connectivity index is 2.16. The smallest absolute Gasteiger partial charge is 0.374 e. The fourth-order valence-electron chi connectivity index (χ4n) is 3.40. The van der Waals surface area contributed by atoms with E-state index < -0.39 is 19.3 Å². The second-order valence-corrected chi connectivity index (χ2v) is 8.22. The van der Waals surface area contributed by atoms with Gasteiger partial charge >= 0.3 is 13.7 Å². The largest absolute Gasteiger partial charge is 0.403 e. The standard InChI is InChI=1S/C19H26NO6P/c1-2-20(27(23,24)25)14-9-15-26-18(21)19(22,16-10-5-3-6-11-16)17-12-7-4-8-13-17/h3,5-6,10-11,17,22H,2,4,7-8,12-14H2,1H3,(H2,23,24,25). The van der Waals surface area contributed by atoms with Crippen LogP contribution in [0.4, 0.5) is 0 Å². The summed E-state index contributed by atoms with van der Waals surface area (Å²) in [5.41, 5.74) is -1.32. The van der Waals surface area contributed by atoms with E-state index in [9.17, 15) is 14.5 Å². The molecule has 0 bridgehead atoms. The lowest BCUT2D eigenvalue weighted by Crippen LogP contribution is -2.44. The molecule has 1 aromatic rings. The first kappa shape index (κ1) is 21.6. The van der Waals surface area contributed by atoms with Crippen LogP contribution in [0.15, 0.2) is 30.3 Å². The first-order valence-corrected chi connectivity index (χ1v) is 10.6. The van der Waals surface area contributed by atoms with Gasteiger partial charge in [0.1, 0.15) is 6.11 Å². The van der Waals surface area contributed by atoms with Crippen LogP contribution in [0.1, 0.15) is 44.6 Å². The first-order chi connectivity index (χ1) is 12.8. The van der Waals surface area contributed by atoms with Gasteiger partial charge in [0.2, 0.25) is 0 Å². The van der Waals surface area contributed by atoms with Crippen molar-refractivity contribution in [3.05, 3.63) is 35.9 Å². The zero-order chi connectivity index (χ0) is 19.9. The lowest BCUT2D eigenvalue weighted by Gasteiger charge is -2.36. The van der Waals surface area contributed by atoms with Gasteiger partial charge in [-0.3, -0.25) is 0 Å². The molecule has 1 fully saturated rings. The van der Waals surface area contributed by atoms with Crippen LogP contribution in [0.25, 0.3) is 0 Å². The number of carbonyl (C=O) groups is 1. The highest BCUT2D eigenvalue weighted by atomic mass is 31.2. The van der Waals surface area contributed by atoms with E-state index in [1.807, 2.05) is 0 Å². The molecule has 1 aliphatic rings. The summed E-state index contributed by atoms with van der Waals surface area (Å²) in [5.74, 6) is 1.32. The molecule has 2 rings (SSSR count). The van der Waals surface area contributed by atoms with Gasteiger partial charge in [-0.1, -0.05) is 56.5 Å². The van der Waals surface area contributed by atoms with Crippen LogP contribution in [0.3, 0.4) is 0 Å². The Morgan fingerprint density at radius 3 is 2.44 bits per heavy atom. The Bertz CT molecular complexity index is 732. The summed E-state index contributed by atoms with van der Waals surface area (Å²) < 4.78 is 17.1. The molecule has 0 amide bonds. The molecule has 27 heavy (non-hydrogen) atoms. The minimum Gasteiger partial charge on any atom is -0.374 e. The third-order valence-corrected chi connectivity index (χ3v) is 6.09. The van der Waals surface area contributed by atoms with E-state index in [1.165, 1.54) is 0 Å². The van der Waals surface area contributed by atoms with Gasteiger partial charge in [0, 0.05) is 12.5 Å². The van der Waals surface area contributed by atoms with Gasteiger partial charge in [0.25, 0.3) is 0 Å². The van der Waals surface area contributed by atoms with Crippen LogP contribution in [0.5, 0.6) is 0 Å². The van der Waals surface area contributed by atoms with Gasteiger partial charge in [0.15, 0.2) is 5.60 Å². The van der Waals surface area contributed by atoms with Crippen LogP contribution in [-0.2, 0) is 19.7 Å². The summed E-state index contributed by atoms with van der Waals surface area (Å²) in [6, 6.07) is 8.69. The van der Waals surface area contributed by atoms with E-state index in [4.69, 9.17) is 14.5 Å². The number of rotatable bonds is 6. The van der Waals surface area contributed by atoms with E-state index in [2.05, 4.69) is 12.0 Å². The Hall–Kier alpha value is -1.68. The maximum absolute atomic E-state index is 12.7. The number of esters is 1. The summed E-state index contributed by atoms with van der Waals surface area (Å²) in [6.07, 6.45) is 6.58. The average Bonchev–Trinajstić information content (AvgIpc) is 2.67. The average molecular weight is 395 g/mol. The van der Waals surface area contributed by atoms with E-state index in [-0.39, 0.29) is 19.0 Å². The molecule has 0 saturated heterocycles. The van der Waals surface area contributed by atoms with Crippen LogP contribution in [0, 0.1) is 17.9 Å². The van der Waals surface area contributed by atoms with Gasteiger partial charge in [-0.25, -0.2) is 9.36 Å². The number of hydrogen-bond acceptors (Lipinski definition) is 4. The van der Waals surface area contributed by atoms with Gasteiger partial charge in [-0.2, -0.15) is 4.67 Å². The topological polar surface area (TPSA) is 107 Å². The van der Waals surface area contributed by atoms with Crippen molar-refractivity contribution in [2.45, 2.75) is 44.6 Å². The molecular formula is C19H26NO6P. The quantitative estimate of drug-likeness (QED) is 0.386. The number of nitrogens with zero attached hydrogens (tertiary/aromatic N) is 1. The summed E-state index contributed by atoms with van der Waals surface area (Å²) in [7, 11) is -4.40. The van der Waals surface area contributed by atoms with Crippen LogP contribution >= 0.6 is 7.75 Å². The molecule has 0 radical (unpaired) electrons. The minimum absolute atomic E-state index is 0.100. The third-order valence-electron chi connectivity index (χ3n) is 4.93. The van der Waals surface area contributed by atoms with Gasteiger partial charge < -0.3 is 19.6 Å². The second kappa shape index (κ2) is 9.50. The number of ether oxygens (including phenoxy) is 1. The molecule has 1 saturated carbocycles. The Morgan fingerprint density at radius 1 is 1.26 bits per heavy atom. The summed E-state index contributed by atoms with van der Waals surface area (Å²) >= 11 is 0. The predicted molar refractivity (Wildman–Crippen MR) is 100 cm³/mol. The molecule has 0 spiro atoms. The highest BCUT2D eigenvalue weighted by Gasteiger charge is 2.47. The number of aliphatic hydroxyl groups is 1. The summed E-state index contributed by atoms with van der Waals surface area (Å²) in [4.78, 5) is 31.0. The third kappa shape index (κ3) is 5.41. The molecule has 0 aliphatic heterocycles. The lowest BCUT2D eigenvalue weighted by molar-refractivity contribution is -0.168. The SMILES string of the molecule is CCN(CC#COC(=O)C(O)(c1ccccc1)C1CCCCC1)P(=O)(O)O. The Kier molecular flexibility index (Phi) is 7.60. The van der Waals surface area contributed by atoms with Crippen LogP contribution in [-0.4, -0.2) is 38.6 Å². The normalized spacial score (nSPS) is 17.7.